The van der Waals surface area contributed by atoms with Gasteiger partial charge in [-0.05, 0) is 18.6 Å². The first kappa shape index (κ1) is 12.5. The van der Waals surface area contributed by atoms with Gasteiger partial charge in [-0.15, -0.1) is 0 Å². The lowest BCUT2D eigenvalue weighted by atomic mass is 10.1. The van der Waals surface area contributed by atoms with E-state index in [0.29, 0.717) is 5.69 Å². The number of anilines is 1. The van der Waals surface area contributed by atoms with Crippen LogP contribution in [0.2, 0.25) is 0 Å². The van der Waals surface area contributed by atoms with E-state index < -0.39 is 0 Å². The Kier molecular flexibility index (Phi) is 3.02. The summed E-state index contributed by atoms with van der Waals surface area (Å²) < 4.78 is 7.13. The molecule has 20 heavy (non-hydrogen) atoms. The van der Waals surface area contributed by atoms with E-state index in [0.717, 1.165) is 22.1 Å². The van der Waals surface area contributed by atoms with E-state index in [-0.39, 0.29) is 12.3 Å². The average Bonchev–Trinajstić information content (AvgIpc) is 2.96. The minimum Gasteiger partial charge on any atom is -0.464 e. The number of fused-ring (bicyclic) bond motifs is 1. The van der Waals surface area contributed by atoms with E-state index in [1.165, 1.54) is 0 Å². The van der Waals surface area contributed by atoms with Gasteiger partial charge in [-0.1, -0.05) is 12.1 Å². The van der Waals surface area contributed by atoms with Crippen molar-refractivity contribution in [2.45, 2.75) is 13.3 Å². The van der Waals surface area contributed by atoms with Crippen molar-refractivity contribution in [3.8, 4) is 0 Å². The molecule has 2 aromatic heterocycles. The topological polar surface area (TPSA) is 60.1 Å². The van der Waals surface area contributed by atoms with Crippen LogP contribution in [0, 0.1) is 6.92 Å². The first-order valence-corrected chi connectivity index (χ1v) is 6.37. The molecule has 3 aromatic rings. The van der Waals surface area contributed by atoms with E-state index in [2.05, 4.69) is 10.4 Å². The molecular weight excluding hydrogens is 254 g/mol. The normalized spacial score (nSPS) is 10.9. The monoisotopic (exact) mass is 269 g/mol. The van der Waals surface area contributed by atoms with Gasteiger partial charge in [0.15, 0.2) is 0 Å². The van der Waals surface area contributed by atoms with Gasteiger partial charge in [-0.2, -0.15) is 5.10 Å². The predicted octanol–water partition coefficient (Wildman–Crippen LogP) is 2.66. The summed E-state index contributed by atoms with van der Waals surface area (Å²) in [5.41, 5.74) is 3.54. The molecule has 0 aliphatic rings. The van der Waals surface area contributed by atoms with E-state index in [1.54, 1.807) is 23.3 Å². The minimum absolute atomic E-state index is 0.0822. The molecule has 0 spiro atoms. The standard InChI is InChI=1S/C15H15N3O2/c1-10-3-4-13-11(9-20-14(13)5-10)6-15(19)17-12-7-16-18(2)8-12/h3-5,7-9H,6H2,1-2H3,(H,17,19). The molecule has 0 saturated heterocycles. The Labute approximate surface area is 116 Å². The number of hydrogen-bond donors (Lipinski definition) is 1. The SMILES string of the molecule is Cc1ccc2c(CC(=O)Nc3cnn(C)c3)coc2c1. The molecule has 0 radical (unpaired) electrons. The van der Waals surface area contributed by atoms with Crippen LogP contribution in [0.25, 0.3) is 11.0 Å². The molecule has 0 fully saturated rings. The van der Waals surface area contributed by atoms with Crippen molar-refractivity contribution in [2.75, 3.05) is 5.32 Å². The number of nitrogens with zero attached hydrogens (tertiary/aromatic N) is 2. The van der Waals surface area contributed by atoms with Gasteiger partial charge in [0.1, 0.15) is 5.58 Å². The summed E-state index contributed by atoms with van der Waals surface area (Å²) in [5.74, 6) is -0.0822. The van der Waals surface area contributed by atoms with Gasteiger partial charge in [0.05, 0.1) is 24.6 Å². The zero-order valence-electron chi connectivity index (χ0n) is 11.4. The van der Waals surface area contributed by atoms with Crippen LogP contribution in [0.1, 0.15) is 11.1 Å². The van der Waals surface area contributed by atoms with E-state index in [1.807, 2.05) is 32.2 Å². The molecule has 0 aliphatic carbocycles. The summed E-state index contributed by atoms with van der Waals surface area (Å²) >= 11 is 0. The van der Waals surface area contributed by atoms with Crippen LogP contribution < -0.4 is 5.32 Å². The summed E-state index contributed by atoms with van der Waals surface area (Å²) in [6.45, 7) is 2.01. The van der Waals surface area contributed by atoms with Gasteiger partial charge < -0.3 is 9.73 Å². The zero-order chi connectivity index (χ0) is 14.1. The van der Waals surface area contributed by atoms with Crippen molar-refractivity contribution in [2.24, 2.45) is 7.05 Å². The first-order chi connectivity index (χ1) is 9.61. The third kappa shape index (κ3) is 2.42. The van der Waals surface area contributed by atoms with Gasteiger partial charge in [-0.25, -0.2) is 0 Å². The first-order valence-electron chi connectivity index (χ1n) is 6.37. The molecule has 2 heterocycles. The third-order valence-corrected chi connectivity index (χ3v) is 3.15. The highest BCUT2D eigenvalue weighted by molar-refractivity contribution is 5.95. The molecule has 1 amide bonds. The lowest BCUT2D eigenvalue weighted by Gasteiger charge is -2.01. The summed E-state index contributed by atoms with van der Waals surface area (Å²) in [7, 11) is 1.81. The van der Waals surface area contributed by atoms with Crippen molar-refractivity contribution < 1.29 is 9.21 Å². The zero-order valence-corrected chi connectivity index (χ0v) is 11.4. The third-order valence-electron chi connectivity index (χ3n) is 3.15. The van der Waals surface area contributed by atoms with Gasteiger partial charge in [-0.3, -0.25) is 9.48 Å². The van der Waals surface area contributed by atoms with Crippen molar-refractivity contribution >= 4 is 22.6 Å². The Morgan fingerprint density at radius 1 is 1.45 bits per heavy atom. The van der Waals surface area contributed by atoms with Crippen LogP contribution in [-0.4, -0.2) is 15.7 Å². The average molecular weight is 269 g/mol. The predicted molar refractivity (Wildman–Crippen MR) is 76.5 cm³/mol. The lowest BCUT2D eigenvalue weighted by Crippen LogP contribution is -2.13. The van der Waals surface area contributed by atoms with Crippen LogP contribution in [0.5, 0.6) is 0 Å². The second-order valence-corrected chi connectivity index (χ2v) is 4.89. The van der Waals surface area contributed by atoms with Gasteiger partial charge in [0, 0.05) is 24.2 Å². The van der Waals surface area contributed by atoms with Crippen molar-refractivity contribution in [3.05, 3.63) is 48.0 Å². The van der Waals surface area contributed by atoms with E-state index in [9.17, 15) is 4.79 Å². The van der Waals surface area contributed by atoms with Gasteiger partial charge in [0.2, 0.25) is 5.91 Å². The van der Waals surface area contributed by atoms with Crippen LogP contribution in [-0.2, 0) is 18.3 Å². The number of amides is 1. The Morgan fingerprint density at radius 3 is 3.05 bits per heavy atom. The Hall–Kier alpha value is -2.56. The smallest absolute Gasteiger partial charge is 0.229 e. The number of aromatic nitrogens is 2. The maximum atomic E-state index is 12.0. The number of carbonyl (C=O) groups is 1. The Bertz CT molecular complexity index is 770. The molecule has 102 valence electrons. The highest BCUT2D eigenvalue weighted by Gasteiger charge is 2.11. The number of nitrogens with one attached hydrogen (secondary N) is 1. The maximum absolute atomic E-state index is 12.0. The summed E-state index contributed by atoms with van der Waals surface area (Å²) in [5, 5.41) is 7.81. The van der Waals surface area contributed by atoms with Crippen LogP contribution in [0.4, 0.5) is 5.69 Å². The second-order valence-electron chi connectivity index (χ2n) is 4.89. The Balaban J connectivity index is 1.77. The van der Waals surface area contributed by atoms with Crippen molar-refractivity contribution in [1.29, 1.82) is 0 Å². The quantitative estimate of drug-likeness (QED) is 0.795. The molecular formula is C15H15N3O2. The molecule has 0 bridgehead atoms. The largest absolute Gasteiger partial charge is 0.464 e. The van der Waals surface area contributed by atoms with Gasteiger partial charge >= 0.3 is 0 Å². The molecule has 0 atom stereocenters. The summed E-state index contributed by atoms with van der Waals surface area (Å²) in [4.78, 5) is 12.0. The highest BCUT2D eigenvalue weighted by Crippen LogP contribution is 2.23. The fourth-order valence-corrected chi connectivity index (χ4v) is 2.19. The molecule has 0 unspecified atom stereocenters. The summed E-state index contributed by atoms with van der Waals surface area (Å²) in [6.07, 6.45) is 5.31. The lowest BCUT2D eigenvalue weighted by molar-refractivity contribution is -0.115. The molecule has 0 saturated carbocycles. The van der Waals surface area contributed by atoms with E-state index >= 15 is 0 Å². The summed E-state index contributed by atoms with van der Waals surface area (Å²) in [6, 6.07) is 5.97. The molecule has 1 N–H and O–H groups in total. The number of furan rings is 1. The number of hydrogen-bond acceptors (Lipinski definition) is 3. The fourth-order valence-electron chi connectivity index (χ4n) is 2.19. The maximum Gasteiger partial charge on any atom is 0.229 e. The van der Waals surface area contributed by atoms with Crippen molar-refractivity contribution in [3.63, 3.8) is 0 Å². The number of aryl methyl sites for hydroxylation is 2. The Morgan fingerprint density at radius 2 is 2.30 bits per heavy atom. The van der Waals surface area contributed by atoms with Crippen molar-refractivity contribution in [1.82, 2.24) is 9.78 Å². The fraction of sp³-hybridized carbons (Fsp3) is 0.200. The minimum atomic E-state index is -0.0822. The van der Waals surface area contributed by atoms with Gasteiger partial charge in [0.25, 0.3) is 0 Å². The number of carbonyl (C=O) groups excluding carboxylic acids is 1. The highest BCUT2D eigenvalue weighted by atomic mass is 16.3. The number of rotatable bonds is 3. The van der Waals surface area contributed by atoms with Crippen LogP contribution in [0.15, 0.2) is 41.3 Å². The number of benzene rings is 1. The van der Waals surface area contributed by atoms with Crippen LogP contribution >= 0.6 is 0 Å². The molecule has 0 aliphatic heterocycles. The molecule has 1 aromatic carbocycles. The van der Waals surface area contributed by atoms with Crippen LogP contribution in [0.3, 0.4) is 0 Å². The molecule has 5 heteroatoms. The second kappa shape index (κ2) is 4.85. The van der Waals surface area contributed by atoms with E-state index in [4.69, 9.17) is 4.42 Å². The molecule has 5 nitrogen and oxygen atoms in total. The molecule has 3 rings (SSSR count).